The van der Waals surface area contributed by atoms with E-state index in [1.54, 1.807) is 17.5 Å². The summed E-state index contributed by atoms with van der Waals surface area (Å²) in [6, 6.07) is 5.70. The van der Waals surface area contributed by atoms with Crippen molar-refractivity contribution in [3.05, 3.63) is 40.3 Å². The standard InChI is InChI=1S/C19H23N3O4S/c23-19(12-15-1-2-16-17(11-15)26-14-25-16)22(13-18-20-3-10-27-18)5-4-21-6-8-24-9-7-21/h1-3,10-11H,4-9,12-14H2/p+1. The number of benzene rings is 1. The molecule has 2 aliphatic heterocycles. The van der Waals surface area contributed by atoms with Gasteiger partial charge in [-0.2, -0.15) is 0 Å². The Labute approximate surface area is 162 Å². The van der Waals surface area contributed by atoms with E-state index in [2.05, 4.69) is 4.98 Å². The molecule has 0 bridgehead atoms. The lowest BCUT2D eigenvalue weighted by molar-refractivity contribution is -0.907. The van der Waals surface area contributed by atoms with Gasteiger partial charge in [-0.15, -0.1) is 11.3 Å². The Morgan fingerprint density at radius 1 is 1.22 bits per heavy atom. The van der Waals surface area contributed by atoms with E-state index in [1.807, 2.05) is 28.5 Å². The van der Waals surface area contributed by atoms with Gasteiger partial charge in [-0.1, -0.05) is 6.07 Å². The first-order valence-electron chi connectivity index (χ1n) is 9.24. The Bertz CT molecular complexity index is 762. The van der Waals surface area contributed by atoms with Crippen molar-refractivity contribution in [2.24, 2.45) is 0 Å². The quantitative estimate of drug-likeness (QED) is 0.740. The molecule has 7 nitrogen and oxygen atoms in total. The van der Waals surface area contributed by atoms with Gasteiger partial charge >= 0.3 is 0 Å². The van der Waals surface area contributed by atoms with Crippen LogP contribution in [0.1, 0.15) is 10.6 Å². The molecule has 27 heavy (non-hydrogen) atoms. The first-order chi connectivity index (χ1) is 13.3. The van der Waals surface area contributed by atoms with Gasteiger partial charge in [0.1, 0.15) is 18.1 Å². The van der Waals surface area contributed by atoms with Crippen LogP contribution in [-0.4, -0.2) is 62.0 Å². The lowest BCUT2D eigenvalue weighted by atomic mass is 10.1. The minimum Gasteiger partial charge on any atom is -0.454 e. The fourth-order valence-electron chi connectivity index (χ4n) is 3.33. The van der Waals surface area contributed by atoms with Gasteiger partial charge in [-0.25, -0.2) is 4.98 Å². The molecule has 3 heterocycles. The highest BCUT2D eigenvalue weighted by Gasteiger charge is 2.21. The molecule has 0 aliphatic carbocycles. The van der Waals surface area contributed by atoms with Gasteiger partial charge in [-0.3, -0.25) is 4.79 Å². The van der Waals surface area contributed by atoms with Crippen molar-refractivity contribution in [2.75, 3.05) is 46.2 Å². The van der Waals surface area contributed by atoms with Gasteiger partial charge in [0.05, 0.1) is 39.3 Å². The molecule has 1 fully saturated rings. The first-order valence-corrected chi connectivity index (χ1v) is 10.1. The highest BCUT2D eigenvalue weighted by atomic mass is 32.1. The topological polar surface area (TPSA) is 65.3 Å². The fraction of sp³-hybridized carbons (Fsp3) is 0.474. The summed E-state index contributed by atoms with van der Waals surface area (Å²) in [7, 11) is 0. The molecule has 2 aromatic rings. The molecule has 0 spiro atoms. The molecule has 8 heteroatoms. The Morgan fingerprint density at radius 2 is 2.07 bits per heavy atom. The van der Waals surface area contributed by atoms with E-state index in [4.69, 9.17) is 14.2 Å². The molecule has 1 N–H and O–H groups in total. The first kappa shape index (κ1) is 18.2. The zero-order chi connectivity index (χ0) is 18.5. The molecular weight excluding hydrogens is 366 g/mol. The van der Waals surface area contributed by atoms with E-state index in [9.17, 15) is 4.79 Å². The van der Waals surface area contributed by atoms with E-state index in [0.717, 1.165) is 55.7 Å². The van der Waals surface area contributed by atoms with Crippen LogP contribution in [0.5, 0.6) is 11.5 Å². The minimum atomic E-state index is 0.108. The zero-order valence-electron chi connectivity index (χ0n) is 15.2. The van der Waals surface area contributed by atoms with Crippen molar-refractivity contribution in [1.29, 1.82) is 0 Å². The predicted octanol–water partition coefficient (Wildman–Crippen LogP) is 0.358. The lowest BCUT2D eigenvalue weighted by Crippen LogP contribution is -3.14. The number of aromatic nitrogens is 1. The number of hydrogen-bond acceptors (Lipinski definition) is 6. The number of ether oxygens (including phenoxy) is 3. The number of amides is 1. The van der Waals surface area contributed by atoms with Gasteiger partial charge in [0.2, 0.25) is 12.7 Å². The molecule has 1 saturated heterocycles. The average Bonchev–Trinajstić information content (AvgIpc) is 3.37. The molecule has 0 saturated carbocycles. The predicted molar refractivity (Wildman–Crippen MR) is 100 cm³/mol. The summed E-state index contributed by atoms with van der Waals surface area (Å²) in [5, 5.41) is 2.91. The molecule has 0 atom stereocenters. The number of hydrogen-bond donors (Lipinski definition) is 1. The van der Waals surface area contributed by atoms with Crippen LogP contribution < -0.4 is 14.4 Å². The Hall–Kier alpha value is -2.16. The number of thiazole rings is 1. The highest BCUT2D eigenvalue weighted by Crippen LogP contribution is 2.32. The minimum absolute atomic E-state index is 0.108. The largest absolute Gasteiger partial charge is 0.454 e. The van der Waals surface area contributed by atoms with Gasteiger partial charge in [-0.05, 0) is 17.7 Å². The third kappa shape index (κ3) is 4.77. The maximum atomic E-state index is 13.0. The van der Waals surface area contributed by atoms with Crippen LogP contribution >= 0.6 is 11.3 Å². The van der Waals surface area contributed by atoms with Gasteiger partial charge in [0.15, 0.2) is 11.5 Å². The second kappa shape index (κ2) is 8.69. The Kier molecular flexibility index (Phi) is 5.86. The molecular formula is C19H24N3O4S+. The van der Waals surface area contributed by atoms with Gasteiger partial charge in [0, 0.05) is 11.6 Å². The fourth-order valence-corrected chi connectivity index (χ4v) is 3.96. The van der Waals surface area contributed by atoms with Crippen LogP contribution in [-0.2, 0) is 22.5 Å². The van der Waals surface area contributed by atoms with Crippen LogP contribution in [0.3, 0.4) is 0 Å². The van der Waals surface area contributed by atoms with E-state index in [0.29, 0.717) is 18.7 Å². The Morgan fingerprint density at radius 3 is 2.89 bits per heavy atom. The smallest absolute Gasteiger partial charge is 0.231 e. The highest BCUT2D eigenvalue weighted by molar-refractivity contribution is 7.09. The molecule has 2 aliphatic rings. The van der Waals surface area contributed by atoms with Gasteiger partial charge < -0.3 is 24.0 Å². The number of nitrogens with zero attached hydrogens (tertiary/aromatic N) is 2. The van der Waals surface area contributed by atoms with Crippen LogP contribution in [0.15, 0.2) is 29.8 Å². The number of morpholine rings is 1. The number of quaternary nitrogens is 1. The second-order valence-electron chi connectivity index (χ2n) is 6.72. The summed E-state index contributed by atoms with van der Waals surface area (Å²) in [5.74, 6) is 1.56. The van der Waals surface area contributed by atoms with Crippen LogP contribution in [0.4, 0.5) is 0 Å². The maximum absolute atomic E-state index is 13.0. The summed E-state index contributed by atoms with van der Waals surface area (Å²) < 4.78 is 16.2. The molecule has 1 aromatic heterocycles. The second-order valence-corrected chi connectivity index (χ2v) is 7.70. The van der Waals surface area contributed by atoms with Crippen molar-refractivity contribution in [2.45, 2.75) is 13.0 Å². The number of carbonyl (C=O) groups is 1. The third-order valence-electron chi connectivity index (χ3n) is 4.89. The zero-order valence-corrected chi connectivity index (χ0v) is 16.0. The summed E-state index contributed by atoms with van der Waals surface area (Å²) >= 11 is 1.58. The Balaban J connectivity index is 1.40. The summed E-state index contributed by atoms with van der Waals surface area (Å²) in [4.78, 5) is 20.8. The van der Waals surface area contributed by atoms with Crippen LogP contribution in [0.25, 0.3) is 0 Å². The average molecular weight is 390 g/mol. The molecule has 4 rings (SSSR count). The SMILES string of the molecule is O=C(Cc1ccc2c(c1)OCO2)N(CC[NH+]1CCOCC1)Cc1nccs1. The number of nitrogens with one attached hydrogen (secondary N) is 1. The number of carbonyl (C=O) groups excluding carboxylic acids is 1. The van der Waals surface area contributed by atoms with Crippen molar-refractivity contribution < 1.29 is 23.9 Å². The molecule has 144 valence electrons. The van der Waals surface area contributed by atoms with Gasteiger partial charge in [0.25, 0.3) is 0 Å². The van der Waals surface area contributed by atoms with E-state index in [1.165, 1.54) is 4.90 Å². The van der Waals surface area contributed by atoms with Crippen LogP contribution in [0.2, 0.25) is 0 Å². The normalized spacial score (nSPS) is 16.4. The summed E-state index contributed by atoms with van der Waals surface area (Å²) in [6.07, 6.45) is 2.13. The molecule has 1 amide bonds. The molecule has 0 radical (unpaired) electrons. The summed E-state index contributed by atoms with van der Waals surface area (Å²) in [6.45, 7) is 6.05. The number of rotatable bonds is 7. The maximum Gasteiger partial charge on any atom is 0.231 e. The molecule has 0 unspecified atom stereocenters. The molecule has 1 aromatic carbocycles. The van der Waals surface area contributed by atoms with Crippen molar-refractivity contribution in [3.63, 3.8) is 0 Å². The van der Waals surface area contributed by atoms with Crippen molar-refractivity contribution in [1.82, 2.24) is 9.88 Å². The van der Waals surface area contributed by atoms with E-state index in [-0.39, 0.29) is 12.7 Å². The van der Waals surface area contributed by atoms with Crippen molar-refractivity contribution in [3.8, 4) is 11.5 Å². The van der Waals surface area contributed by atoms with Crippen molar-refractivity contribution >= 4 is 17.2 Å². The van der Waals surface area contributed by atoms with E-state index < -0.39 is 0 Å². The lowest BCUT2D eigenvalue weighted by Gasteiger charge is -2.27. The third-order valence-corrected chi connectivity index (χ3v) is 5.65. The summed E-state index contributed by atoms with van der Waals surface area (Å²) in [5.41, 5.74) is 0.937. The van der Waals surface area contributed by atoms with E-state index >= 15 is 0 Å². The van der Waals surface area contributed by atoms with Crippen LogP contribution in [0, 0.1) is 0 Å². The number of fused-ring (bicyclic) bond motifs is 1. The monoisotopic (exact) mass is 390 g/mol.